The second-order valence-electron chi connectivity index (χ2n) is 6.74. The molecule has 3 aromatic rings. The predicted molar refractivity (Wildman–Crippen MR) is 111 cm³/mol. The van der Waals surface area contributed by atoms with Crippen LogP contribution in [0.1, 0.15) is 11.3 Å². The molecule has 0 saturated heterocycles. The highest BCUT2D eigenvalue weighted by molar-refractivity contribution is 6.11. The van der Waals surface area contributed by atoms with Gasteiger partial charge in [-0.25, -0.2) is 0 Å². The Labute approximate surface area is 167 Å². The van der Waals surface area contributed by atoms with Crippen LogP contribution in [-0.4, -0.2) is 49.9 Å². The molecule has 148 valence electrons. The van der Waals surface area contributed by atoms with Crippen molar-refractivity contribution in [2.24, 2.45) is 16.0 Å². The van der Waals surface area contributed by atoms with E-state index in [1.54, 1.807) is 12.4 Å². The van der Waals surface area contributed by atoms with Crippen LogP contribution in [-0.2, 0) is 6.54 Å². The molecule has 1 aliphatic heterocycles. The number of aromatic nitrogens is 2. The van der Waals surface area contributed by atoms with E-state index >= 15 is 0 Å². The molecule has 0 aliphatic carbocycles. The smallest absolute Gasteiger partial charge is 0.153 e. The van der Waals surface area contributed by atoms with Crippen LogP contribution in [0.3, 0.4) is 0 Å². The maximum atomic E-state index is 9.72. The van der Waals surface area contributed by atoms with Gasteiger partial charge in [-0.2, -0.15) is 0 Å². The highest BCUT2D eigenvalue weighted by atomic mass is 16.4. The molecule has 0 fully saturated rings. The number of H-pyrrole nitrogens is 1. The van der Waals surface area contributed by atoms with Crippen molar-refractivity contribution >= 4 is 22.9 Å². The summed E-state index contributed by atoms with van der Waals surface area (Å²) in [6.45, 7) is 1.13. The fraction of sp³-hybridized carbons (Fsp3) is 0.150. The third kappa shape index (κ3) is 3.76. The quantitative estimate of drug-likeness (QED) is 0.196. The van der Waals surface area contributed by atoms with Crippen molar-refractivity contribution in [3.05, 3.63) is 66.1 Å². The number of para-hydroxylation sites is 1. The van der Waals surface area contributed by atoms with Gasteiger partial charge >= 0.3 is 0 Å². The van der Waals surface area contributed by atoms with E-state index < -0.39 is 0 Å². The second kappa shape index (κ2) is 8.03. The summed E-state index contributed by atoms with van der Waals surface area (Å²) >= 11 is 0. The number of benzene rings is 1. The van der Waals surface area contributed by atoms with Crippen LogP contribution in [0.2, 0.25) is 0 Å². The van der Waals surface area contributed by atoms with Gasteiger partial charge in [-0.15, -0.1) is 0 Å². The number of aromatic amines is 1. The van der Waals surface area contributed by atoms with Crippen LogP contribution in [0.5, 0.6) is 0 Å². The Balaban J connectivity index is 1.81. The summed E-state index contributed by atoms with van der Waals surface area (Å²) in [5, 5.41) is 28.6. The standard InChI is InChI=1S/C20H21N7O2/c21-17(26-29)12-27-10-15-18(16(11-27)25-28)20(23-14-4-2-1-3-5-14)19(24-15)13-6-8-22-9-7-13/h1-9,23-24,28-29H,10-12H2,(H2,21,26)/b25-16+. The van der Waals surface area contributed by atoms with Gasteiger partial charge in [-0.05, 0) is 24.3 Å². The van der Waals surface area contributed by atoms with E-state index in [0.717, 1.165) is 33.9 Å². The molecule has 1 aliphatic rings. The first kappa shape index (κ1) is 18.5. The minimum absolute atomic E-state index is 0.0919. The minimum Gasteiger partial charge on any atom is -0.411 e. The van der Waals surface area contributed by atoms with E-state index in [1.807, 2.05) is 47.4 Å². The lowest BCUT2D eigenvalue weighted by Gasteiger charge is -2.27. The fourth-order valence-corrected chi connectivity index (χ4v) is 3.54. The molecule has 4 rings (SSSR count). The summed E-state index contributed by atoms with van der Waals surface area (Å²) in [4.78, 5) is 9.47. The number of nitrogens with one attached hydrogen (secondary N) is 2. The highest BCUT2D eigenvalue weighted by Gasteiger charge is 2.30. The summed E-state index contributed by atoms with van der Waals surface area (Å²) in [5.41, 5.74) is 11.4. The average molecular weight is 391 g/mol. The third-order valence-corrected chi connectivity index (χ3v) is 4.77. The number of fused-ring (bicyclic) bond motifs is 1. The van der Waals surface area contributed by atoms with E-state index in [9.17, 15) is 5.21 Å². The first-order valence-corrected chi connectivity index (χ1v) is 9.07. The molecule has 0 radical (unpaired) electrons. The number of nitrogens with two attached hydrogens (primary N) is 1. The highest BCUT2D eigenvalue weighted by Crippen LogP contribution is 2.37. The Hall–Kier alpha value is -3.85. The summed E-state index contributed by atoms with van der Waals surface area (Å²) < 4.78 is 0. The van der Waals surface area contributed by atoms with Gasteiger partial charge in [0.05, 0.1) is 17.9 Å². The van der Waals surface area contributed by atoms with Gasteiger partial charge in [0.25, 0.3) is 0 Å². The maximum Gasteiger partial charge on any atom is 0.153 e. The number of nitrogens with zero attached hydrogens (tertiary/aromatic N) is 4. The van der Waals surface area contributed by atoms with Gasteiger partial charge in [0.1, 0.15) is 5.71 Å². The molecule has 0 amide bonds. The Morgan fingerprint density at radius 3 is 2.59 bits per heavy atom. The number of hydrogen-bond acceptors (Lipinski definition) is 7. The Morgan fingerprint density at radius 2 is 1.90 bits per heavy atom. The molecule has 0 bridgehead atoms. The molecule has 2 aromatic heterocycles. The number of pyridine rings is 1. The third-order valence-electron chi connectivity index (χ3n) is 4.77. The van der Waals surface area contributed by atoms with Gasteiger partial charge in [0.2, 0.25) is 0 Å². The lowest BCUT2D eigenvalue weighted by atomic mass is 10.0. The van der Waals surface area contributed by atoms with Crippen LogP contribution in [0.4, 0.5) is 11.4 Å². The zero-order valence-corrected chi connectivity index (χ0v) is 15.6. The Kier molecular flexibility index (Phi) is 5.12. The van der Waals surface area contributed by atoms with Crippen molar-refractivity contribution in [1.82, 2.24) is 14.9 Å². The monoisotopic (exact) mass is 391 g/mol. The van der Waals surface area contributed by atoms with Crippen molar-refractivity contribution in [2.75, 3.05) is 18.4 Å². The normalized spacial score (nSPS) is 16.0. The topological polar surface area (TPSA) is 135 Å². The van der Waals surface area contributed by atoms with Crippen LogP contribution in [0.15, 0.2) is 65.2 Å². The van der Waals surface area contributed by atoms with Crippen LogP contribution in [0, 0.1) is 0 Å². The first-order valence-electron chi connectivity index (χ1n) is 9.07. The van der Waals surface area contributed by atoms with Gasteiger partial charge in [0.15, 0.2) is 5.84 Å². The number of anilines is 2. The number of amidine groups is 1. The Bertz CT molecular complexity index is 1050. The lowest BCUT2D eigenvalue weighted by molar-refractivity contribution is 0.290. The number of rotatable bonds is 5. The molecule has 0 unspecified atom stereocenters. The summed E-state index contributed by atoms with van der Waals surface area (Å²) in [5.74, 6) is 0.0919. The van der Waals surface area contributed by atoms with E-state index in [2.05, 4.69) is 25.6 Å². The molecule has 0 atom stereocenters. The van der Waals surface area contributed by atoms with Crippen LogP contribution >= 0.6 is 0 Å². The molecule has 0 spiro atoms. The van der Waals surface area contributed by atoms with Gasteiger partial charge < -0.3 is 26.4 Å². The maximum absolute atomic E-state index is 9.72. The van der Waals surface area contributed by atoms with Crippen LogP contribution < -0.4 is 11.1 Å². The summed E-state index contributed by atoms with van der Waals surface area (Å²) in [6, 6.07) is 13.6. The van der Waals surface area contributed by atoms with E-state index in [-0.39, 0.29) is 12.4 Å². The molecule has 6 N–H and O–H groups in total. The van der Waals surface area contributed by atoms with Gasteiger partial charge in [-0.3, -0.25) is 9.88 Å². The molecule has 1 aromatic carbocycles. The number of oxime groups is 2. The van der Waals surface area contributed by atoms with E-state index in [0.29, 0.717) is 18.8 Å². The molecule has 3 heterocycles. The SMILES string of the molecule is N/C(CN1C/C(=N\O)c2c([nH]c(-c3ccncc3)c2Nc2ccccc2)C1)=N\O. The molecular formula is C20H21N7O2. The zero-order valence-electron chi connectivity index (χ0n) is 15.6. The molecule has 9 heteroatoms. The van der Waals surface area contributed by atoms with Crippen LogP contribution in [0.25, 0.3) is 11.3 Å². The summed E-state index contributed by atoms with van der Waals surface area (Å²) in [7, 11) is 0. The zero-order chi connectivity index (χ0) is 20.2. The Morgan fingerprint density at radius 1 is 1.14 bits per heavy atom. The lowest BCUT2D eigenvalue weighted by Crippen LogP contribution is -2.40. The van der Waals surface area contributed by atoms with Crippen molar-refractivity contribution in [3.63, 3.8) is 0 Å². The van der Waals surface area contributed by atoms with E-state index in [4.69, 9.17) is 10.9 Å². The molecule has 0 saturated carbocycles. The van der Waals surface area contributed by atoms with Crippen molar-refractivity contribution in [2.45, 2.75) is 6.54 Å². The molecule has 9 nitrogen and oxygen atoms in total. The van der Waals surface area contributed by atoms with Crippen molar-refractivity contribution < 1.29 is 10.4 Å². The average Bonchev–Trinajstić information content (AvgIpc) is 3.12. The van der Waals surface area contributed by atoms with Crippen molar-refractivity contribution in [3.8, 4) is 11.3 Å². The largest absolute Gasteiger partial charge is 0.411 e. The molecule has 29 heavy (non-hydrogen) atoms. The van der Waals surface area contributed by atoms with Crippen molar-refractivity contribution in [1.29, 1.82) is 0 Å². The second-order valence-corrected chi connectivity index (χ2v) is 6.74. The summed E-state index contributed by atoms with van der Waals surface area (Å²) in [6.07, 6.45) is 3.46. The van der Waals surface area contributed by atoms with E-state index in [1.165, 1.54) is 0 Å². The fourth-order valence-electron chi connectivity index (χ4n) is 3.54. The minimum atomic E-state index is 0.0919. The predicted octanol–water partition coefficient (Wildman–Crippen LogP) is 2.56. The number of hydrogen-bond donors (Lipinski definition) is 5. The molecular weight excluding hydrogens is 370 g/mol. The van der Waals surface area contributed by atoms with Gasteiger partial charge in [-0.1, -0.05) is 28.5 Å². The first-order chi connectivity index (χ1) is 14.2. The van der Waals surface area contributed by atoms with Gasteiger partial charge in [0, 0.05) is 48.0 Å².